The molecule has 1 fully saturated rings. The molecule has 1 aromatic heterocycles. The first-order chi connectivity index (χ1) is 9.13. The summed E-state index contributed by atoms with van der Waals surface area (Å²) >= 11 is 0. The lowest BCUT2D eigenvalue weighted by molar-refractivity contribution is -0.141. The van der Waals surface area contributed by atoms with Crippen LogP contribution in [0.25, 0.3) is 0 Å². The Bertz CT molecular complexity index is 467. The molecule has 0 N–H and O–H groups in total. The first-order valence-corrected chi connectivity index (χ1v) is 6.44. The molecule has 0 radical (unpaired) electrons. The lowest BCUT2D eigenvalue weighted by Crippen LogP contribution is -2.42. The maximum absolute atomic E-state index is 14.1. The summed E-state index contributed by atoms with van der Waals surface area (Å²) in [6, 6.07) is -0.0509. The van der Waals surface area contributed by atoms with Crippen LogP contribution in [0, 0.1) is 12.7 Å². The zero-order chi connectivity index (χ0) is 13.8. The molecule has 2 rings (SSSR count). The van der Waals surface area contributed by atoms with E-state index in [9.17, 15) is 9.18 Å². The van der Waals surface area contributed by atoms with Crippen molar-refractivity contribution in [3.05, 3.63) is 17.8 Å². The molecule has 104 valence electrons. The quantitative estimate of drug-likeness (QED) is 0.782. The van der Waals surface area contributed by atoms with Crippen LogP contribution in [0.3, 0.4) is 0 Å². The largest absolute Gasteiger partial charge is 0.469 e. The van der Waals surface area contributed by atoms with Gasteiger partial charge in [0.25, 0.3) is 0 Å². The smallest absolute Gasteiger partial charge is 0.307 e. The normalized spacial score (nSPS) is 19.3. The van der Waals surface area contributed by atoms with E-state index in [1.165, 1.54) is 13.4 Å². The maximum atomic E-state index is 14.1. The second-order valence-corrected chi connectivity index (χ2v) is 4.72. The number of anilines is 1. The van der Waals surface area contributed by atoms with E-state index in [1.54, 1.807) is 6.92 Å². The summed E-state index contributed by atoms with van der Waals surface area (Å²) in [6.45, 7) is 2.31. The minimum Gasteiger partial charge on any atom is -0.469 e. The fourth-order valence-electron chi connectivity index (χ4n) is 2.41. The molecule has 0 spiro atoms. The minimum absolute atomic E-state index is 0.0509. The van der Waals surface area contributed by atoms with Gasteiger partial charge in [0.2, 0.25) is 0 Å². The molecule has 1 aromatic rings. The van der Waals surface area contributed by atoms with Gasteiger partial charge in [-0.05, 0) is 26.2 Å². The van der Waals surface area contributed by atoms with Crippen LogP contribution in [0.1, 0.15) is 31.4 Å². The predicted molar refractivity (Wildman–Crippen MR) is 68.3 cm³/mol. The summed E-state index contributed by atoms with van der Waals surface area (Å²) in [6.07, 6.45) is 4.47. The van der Waals surface area contributed by atoms with Gasteiger partial charge < -0.3 is 9.64 Å². The van der Waals surface area contributed by atoms with E-state index in [2.05, 4.69) is 9.97 Å². The summed E-state index contributed by atoms with van der Waals surface area (Å²) < 4.78 is 18.8. The molecule has 1 saturated heterocycles. The average molecular weight is 267 g/mol. The minimum atomic E-state index is -0.403. The van der Waals surface area contributed by atoms with E-state index in [-0.39, 0.29) is 18.4 Å². The Hall–Kier alpha value is -1.72. The highest BCUT2D eigenvalue weighted by Crippen LogP contribution is 2.27. The lowest BCUT2D eigenvalue weighted by Gasteiger charge is -2.36. The van der Waals surface area contributed by atoms with Gasteiger partial charge in [0, 0.05) is 12.6 Å². The molecule has 1 atom stereocenters. The van der Waals surface area contributed by atoms with E-state index in [0.717, 1.165) is 19.3 Å². The van der Waals surface area contributed by atoms with Crippen molar-refractivity contribution in [1.82, 2.24) is 9.97 Å². The maximum Gasteiger partial charge on any atom is 0.307 e. The Morgan fingerprint density at radius 3 is 3.05 bits per heavy atom. The first-order valence-electron chi connectivity index (χ1n) is 6.44. The number of aromatic nitrogens is 2. The van der Waals surface area contributed by atoms with Crippen molar-refractivity contribution in [3.8, 4) is 0 Å². The molecular formula is C13H18FN3O2. The van der Waals surface area contributed by atoms with Gasteiger partial charge in [0.1, 0.15) is 6.33 Å². The van der Waals surface area contributed by atoms with Crippen molar-refractivity contribution < 1.29 is 13.9 Å². The van der Waals surface area contributed by atoms with E-state index in [1.807, 2.05) is 4.90 Å². The van der Waals surface area contributed by atoms with Crippen molar-refractivity contribution in [1.29, 1.82) is 0 Å². The SMILES string of the molecule is COC(=O)CC1CCCCN1c1ncnc(C)c1F. The molecule has 19 heavy (non-hydrogen) atoms. The van der Waals surface area contributed by atoms with Crippen molar-refractivity contribution in [2.45, 2.75) is 38.6 Å². The van der Waals surface area contributed by atoms with E-state index >= 15 is 0 Å². The number of hydrogen-bond donors (Lipinski definition) is 0. The molecule has 0 bridgehead atoms. The molecule has 0 aliphatic carbocycles. The summed E-state index contributed by atoms with van der Waals surface area (Å²) in [5, 5.41) is 0. The molecule has 0 saturated carbocycles. The third-order valence-electron chi connectivity index (χ3n) is 3.47. The Morgan fingerprint density at radius 1 is 1.53 bits per heavy atom. The summed E-state index contributed by atoms with van der Waals surface area (Å²) in [5.41, 5.74) is 0.326. The summed E-state index contributed by atoms with van der Waals surface area (Å²) in [5.74, 6) is -0.386. The van der Waals surface area contributed by atoms with Gasteiger partial charge in [-0.2, -0.15) is 0 Å². The standard InChI is InChI=1S/C13H18FN3O2/c1-9-12(14)13(16-8-15-9)17-6-4-3-5-10(17)7-11(18)19-2/h8,10H,3-7H2,1-2H3. The molecule has 6 heteroatoms. The molecular weight excluding hydrogens is 249 g/mol. The second kappa shape index (κ2) is 5.95. The van der Waals surface area contributed by atoms with Crippen LogP contribution in [-0.4, -0.2) is 35.6 Å². The Morgan fingerprint density at radius 2 is 2.32 bits per heavy atom. The van der Waals surface area contributed by atoms with Crippen LogP contribution < -0.4 is 4.90 Å². The number of methoxy groups -OCH3 is 1. The predicted octanol–water partition coefficient (Wildman–Crippen LogP) is 1.85. The fraction of sp³-hybridized carbons (Fsp3) is 0.615. The molecule has 2 heterocycles. The number of aryl methyl sites for hydroxylation is 1. The monoisotopic (exact) mass is 267 g/mol. The van der Waals surface area contributed by atoms with Crippen LogP contribution in [0.2, 0.25) is 0 Å². The van der Waals surface area contributed by atoms with Gasteiger partial charge in [0.15, 0.2) is 11.6 Å². The highest BCUT2D eigenvalue weighted by atomic mass is 19.1. The molecule has 0 aromatic carbocycles. The zero-order valence-corrected chi connectivity index (χ0v) is 11.2. The van der Waals surface area contributed by atoms with Gasteiger partial charge >= 0.3 is 5.97 Å². The number of rotatable bonds is 3. The molecule has 0 amide bonds. The van der Waals surface area contributed by atoms with Gasteiger partial charge in [-0.15, -0.1) is 0 Å². The number of carbonyl (C=O) groups excluding carboxylic acids is 1. The summed E-state index contributed by atoms with van der Waals surface area (Å²) in [7, 11) is 1.37. The third-order valence-corrected chi connectivity index (χ3v) is 3.47. The van der Waals surface area contributed by atoms with Crippen LogP contribution in [0.15, 0.2) is 6.33 Å². The van der Waals surface area contributed by atoms with Crippen LogP contribution in [-0.2, 0) is 9.53 Å². The molecule has 1 aliphatic rings. The van der Waals surface area contributed by atoms with E-state index < -0.39 is 5.82 Å². The first kappa shape index (κ1) is 13.7. The molecule has 1 unspecified atom stereocenters. The van der Waals surface area contributed by atoms with E-state index in [4.69, 9.17) is 4.74 Å². The Labute approximate surface area is 111 Å². The van der Waals surface area contributed by atoms with Crippen LogP contribution in [0.5, 0.6) is 0 Å². The highest BCUT2D eigenvalue weighted by molar-refractivity contribution is 5.70. The lowest BCUT2D eigenvalue weighted by atomic mass is 9.99. The van der Waals surface area contributed by atoms with Crippen molar-refractivity contribution >= 4 is 11.8 Å². The zero-order valence-electron chi connectivity index (χ0n) is 11.2. The second-order valence-electron chi connectivity index (χ2n) is 4.72. The number of esters is 1. The molecule has 1 aliphatic heterocycles. The number of carbonyl (C=O) groups is 1. The topological polar surface area (TPSA) is 55.3 Å². The highest BCUT2D eigenvalue weighted by Gasteiger charge is 2.28. The van der Waals surface area contributed by atoms with Gasteiger partial charge in [0.05, 0.1) is 19.2 Å². The molecule has 5 nitrogen and oxygen atoms in total. The van der Waals surface area contributed by atoms with Gasteiger partial charge in [-0.1, -0.05) is 0 Å². The Kier molecular flexibility index (Phi) is 4.29. The summed E-state index contributed by atoms with van der Waals surface area (Å²) in [4.78, 5) is 21.2. The van der Waals surface area contributed by atoms with Gasteiger partial charge in [-0.3, -0.25) is 4.79 Å². The van der Waals surface area contributed by atoms with Crippen molar-refractivity contribution in [2.24, 2.45) is 0 Å². The Balaban J connectivity index is 2.23. The van der Waals surface area contributed by atoms with Crippen LogP contribution in [0.4, 0.5) is 10.2 Å². The van der Waals surface area contributed by atoms with Crippen molar-refractivity contribution in [2.75, 3.05) is 18.6 Å². The number of piperidine rings is 1. The number of ether oxygens (including phenoxy) is 1. The number of nitrogens with zero attached hydrogens (tertiary/aromatic N) is 3. The van der Waals surface area contributed by atoms with Crippen LogP contribution >= 0.6 is 0 Å². The van der Waals surface area contributed by atoms with Gasteiger partial charge in [-0.25, -0.2) is 14.4 Å². The number of halogens is 1. The average Bonchev–Trinajstić information content (AvgIpc) is 2.42. The number of hydrogen-bond acceptors (Lipinski definition) is 5. The van der Waals surface area contributed by atoms with E-state index in [0.29, 0.717) is 18.1 Å². The van der Waals surface area contributed by atoms with Crippen molar-refractivity contribution in [3.63, 3.8) is 0 Å². The fourth-order valence-corrected chi connectivity index (χ4v) is 2.41. The third kappa shape index (κ3) is 3.00.